The van der Waals surface area contributed by atoms with Crippen LogP contribution in [0.1, 0.15) is 36.5 Å². The molecule has 0 radical (unpaired) electrons. The van der Waals surface area contributed by atoms with E-state index in [1.165, 1.54) is 12.8 Å². The third-order valence-corrected chi connectivity index (χ3v) is 4.09. The fraction of sp³-hybridized carbons (Fsp3) is 0.238. The third-order valence-electron chi connectivity index (χ3n) is 4.09. The van der Waals surface area contributed by atoms with Crippen molar-refractivity contribution in [2.45, 2.75) is 26.2 Å². The molecule has 0 atom stereocenters. The summed E-state index contributed by atoms with van der Waals surface area (Å²) in [5, 5.41) is 13.0. The zero-order chi connectivity index (χ0) is 18.4. The van der Waals surface area contributed by atoms with Gasteiger partial charge in [-0.05, 0) is 42.8 Å². The fourth-order valence-corrected chi connectivity index (χ4v) is 2.59. The van der Waals surface area contributed by atoms with Gasteiger partial charge in [0.25, 0.3) is 0 Å². The van der Waals surface area contributed by atoms with Crippen LogP contribution in [-0.2, 0) is 0 Å². The van der Waals surface area contributed by atoms with Gasteiger partial charge in [-0.15, -0.1) is 0 Å². The molecule has 1 aromatic heterocycles. The molecule has 0 amide bonds. The van der Waals surface area contributed by atoms with Gasteiger partial charge in [0.15, 0.2) is 5.76 Å². The summed E-state index contributed by atoms with van der Waals surface area (Å²) in [6, 6.07) is 16.1. The van der Waals surface area contributed by atoms with E-state index in [4.69, 9.17) is 14.4 Å². The molecule has 1 N–H and O–H groups in total. The number of hydrogen-bond acceptors (Lipinski definition) is 4. The predicted octanol–water partition coefficient (Wildman–Crippen LogP) is 4.63. The van der Waals surface area contributed by atoms with Crippen LogP contribution in [0.15, 0.2) is 59.1 Å². The van der Waals surface area contributed by atoms with Crippen molar-refractivity contribution in [2.75, 3.05) is 6.61 Å². The Morgan fingerprint density at radius 1 is 1.04 bits per heavy atom. The van der Waals surface area contributed by atoms with Gasteiger partial charge in [-0.1, -0.05) is 37.1 Å². The number of rotatable bonds is 8. The number of aromatic carboxylic acids is 1. The molecule has 0 unspecified atom stereocenters. The molecule has 0 saturated heterocycles. The summed E-state index contributed by atoms with van der Waals surface area (Å²) in [4.78, 5) is 10.9. The number of carboxylic acids is 1. The van der Waals surface area contributed by atoms with Crippen LogP contribution in [0.3, 0.4) is 0 Å². The van der Waals surface area contributed by atoms with Crippen molar-refractivity contribution in [2.24, 2.45) is 0 Å². The summed E-state index contributed by atoms with van der Waals surface area (Å²) in [5.74, 6) is 0.545. The monoisotopic (exact) mass is 391 g/mol. The Hall–Kier alpha value is -1.44. The zero-order valence-corrected chi connectivity index (χ0v) is 14.6. The van der Waals surface area contributed by atoms with E-state index >= 15 is 0 Å². The number of hydrogen-bond donors (Lipinski definition) is 1. The molecular formula is C21H22KNO4. The van der Waals surface area contributed by atoms with Gasteiger partial charge in [0.2, 0.25) is 0 Å². The topological polar surface area (TPSA) is 72.6 Å². The van der Waals surface area contributed by atoms with Crippen LogP contribution in [-0.4, -0.2) is 74.2 Å². The van der Waals surface area contributed by atoms with E-state index in [9.17, 15) is 4.79 Å². The number of carbonyl (C=O) groups is 1. The van der Waals surface area contributed by atoms with E-state index in [0.29, 0.717) is 11.5 Å². The zero-order valence-electron chi connectivity index (χ0n) is 14.6. The van der Waals surface area contributed by atoms with Crippen molar-refractivity contribution in [3.8, 4) is 28.3 Å². The van der Waals surface area contributed by atoms with Crippen LogP contribution in [0.2, 0.25) is 0 Å². The van der Waals surface area contributed by atoms with E-state index in [0.717, 1.165) is 29.9 Å². The molecule has 5 nitrogen and oxygen atoms in total. The van der Waals surface area contributed by atoms with Crippen molar-refractivity contribution in [3.05, 3.63) is 60.2 Å². The molecule has 0 aliphatic carbocycles. The van der Waals surface area contributed by atoms with Crippen molar-refractivity contribution in [1.29, 1.82) is 0 Å². The molecule has 136 valence electrons. The first-order valence-corrected chi connectivity index (χ1v) is 8.71. The molecule has 0 saturated carbocycles. The summed E-state index contributed by atoms with van der Waals surface area (Å²) >= 11 is 0. The van der Waals surface area contributed by atoms with Gasteiger partial charge in [0.05, 0.1) is 12.2 Å². The standard InChI is InChI=1S/C21H21NO4.K.H/c1-2-3-4-13-25-18-11-9-16(10-12-18)20-14-19(22-26-20)15-5-7-17(8-6-15)21(23)24;;/h5-12,14H,2-4,13H2,1H3,(H,23,24);;. The molecular weight excluding hydrogens is 369 g/mol. The van der Waals surface area contributed by atoms with Crippen molar-refractivity contribution >= 4 is 57.4 Å². The van der Waals surface area contributed by atoms with Gasteiger partial charge in [0.1, 0.15) is 11.4 Å². The maximum atomic E-state index is 10.9. The van der Waals surface area contributed by atoms with E-state index in [1.807, 2.05) is 30.3 Å². The Labute approximate surface area is 201 Å². The second kappa shape index (κ2) is 10.8. The van der Waals surface area contributed by atoms with Crippen molar-refractivity contribution < 1.29 is 19.2 Å². The summed E-state index contributed by atoms with van der Waals surface area (Å²) < 4.78 is 11.1. The van der Waals surface area contributed by atoms with Crippen molar-refractivity contribution in [3.63, 3.8) is 0 Å². The SMILES string of the molecule is CCCCCOc1ccc(-c2cc(-c3ccc(C(=O)O)cc3)no2)cc1.[KH]. The Bertz CT molecular complexity index is 857. The van der Waals surface area contributed by atoms with E-state index in [2.05, 4.69) is 12.1 Å². The molecule has 0 bridgehead atoms. The van der Waals surface area contributed by atoms with Crippen molar-refractivity contribution in [1.82, 2.24) is 5.16 Å². The summed E-state index contributed by atoms with van der Waals surface area (Å²) in [7, 11) is 0. The minimum absolute atomic E-state index is 0. The maximum absolute atomic E-state index is 10.9. The van der Waals surface area contributed by atoms with Crippen LogP contribution in [0.4, 0.5) is 0 Å². The Balaban J connectivity index is 0.00000261. The number of unbranched alkanes of at least 4 members (excludes halogenated alkanes) is 2. The summed E-state index contributed by atoms with van der Waals surface area (Å²) in [6.45, 7) is 2.90. The number of ether oxygens (including phenoxy) is 1. The van der Waals surface area contributed by atoms with Gasteiger partial charge in [-0.3, -0.25) is 0 Å². The second-order valence-electron chi connectivity index (χ2n) is 6.04. The molecule has 1 heterocycles. The average Bonchev–Trinajstić information content (AvgIpc) is 3.16. The van der Waals surface area contributed by atoms with Gasteiger partial charge < -0.3 is 14.4 Å². The molecule has 3 rings (SSSR count). The molecule has 0 aliphatic rings. The second-order valence-corrected chi connectivity index (χ2v) is 6.04. The number of carboxylic acid groups (broad SMARTS) is 1. The number of benzene rings is 2. The Morgan fingerprint density at radius 2 is 1.70 bits per heavy atom. The number of nitrogens with zero attached hydrogens (tertiary/aromatic N) is 1. The van der Waals surface area contributed by atoms with Crippen LogP contribution in [0, 0.1) is 0 Å². The Morgan fingerprint density at radius 3 is 2.33 bits per heavy atom. The Kier molecular flexibility index (Phi) is 8.72. The molecule has 0 fully saturated rings. The summed E-state index contributed by atoms with van der Waals surface area (Å²) in [5.41, 5.74) is 2.62. The molecule has 0 aliphatic heterocycles. The first kappa shape index (κ1) is 21.9. The molecule has 3 aromatic rings. The molecule has 27 heavy (non-hydrogen) atoms. The van der Waals surface area contributed by atoms with Gasteiger partial charge >= 0.3 is 57.4 Å². The van der Waals surface area contributed by atoms with Gasteiger partial charge in [-0.2, -0.15) is 0 Å². The average molecular weight is 392 g/mol. The van der Waals surface area contributed by atoms with E-state index in [1.54, 1.807) is 24.3 Å². The predicted molar refractivity (Wildman–Crippen MR) is 107 cm³/mol. The summed E-state index contributed by atoms with van der Waals surface area (Å²) in [6.07, 6.45) is 3.41. The number of aromatic nitrogens is 1. The minimum atomic E-state index is -0.950. The quantitative estimate of drug-likeness (QED) is 0.448. The van der Waals surface area contributed by atoms with E-state index in [-0.39, 0.29) is 56.9 Å². The van der Waals surface area contributed by atoms with Gasteiger partial charge in [0, 0.05) is 17.2 Å². The van der Waals surface area contributed by atoms with Crippen LogP contribution < -0.4 is 4.74 Å². The van der Waals surface area contributed by atoms with Gasteiger partial charge in [-0.25, -0.2) is 4.79 Å². The van der Waals surface area contributed by atoms with E-state index < -0.39 is 5.97 Å². The van der Waals surface area contributed by atoms with Crippen LogP contribution in [0.25, 0.3) is 22.6 Å². The molecule has 0 spiro atoms. The molecule has 2 aromatic carbocycles. The molecule has 6 heteroatoms. The third kappa shape index (κ3) is 6.02. The fourth-order valence-electron chi connectivity index (χ4n) is 2.59. The normalized spacial score (nSPS) is 10.3. The van der Waals surface area contributed by atoms with Crippen LogP contribution >= 0.6 is 0 Å². The van der Waals surface area contributed by atoms with Crippen LogP contribution in [0.5, 0.6) is 5.75 Å². The first-order chi connectivity index (χ1) is 12.7. The first-order valence-electron chi connectivity index (χ1n) is 8.71.